The van der Waals surface area contributed by atoms with Gasteiger partial charge in [-0.2, -0.15) is 0 Å². The lowest BCUT2D eigenvalue weighted by Crippen LogP contribution is -2.52. The molecule has 0 aliphatic heterocycles. The number of benzene rings is 1. The minimum absolute atomic E-state index is 0.155. The molecular weight excluding hydrogens is 356 g/mol. The number of hydrogen-bond donors (Lipinski definition) is 2. The maximum Gasteiger partial charge on any atom is 0.261 e. The quantitative estimate of drug-likeness (QED) is 0.772. The van der Waals surface area contributed by atoms with E-state index in [1.54, 1.807) is 36.4 Å². The average molecular weight is 381 g/mol. The van der Waals surface area contributed by atoms with Crippen LogP contribution in [0.15, 0.2) is 51.6 Å². The van der Waals surface area contributed by atoms with Crippen LogP contribution in [0.5, 0.6) is 0 Å². The third-order valence-corrected chi connectivity index (χ3v) is 7.19. The van der Waals surface area contributed by atoms with Crippen LogP contribution in [0, 0.1) is 5.92 Å². The van der Waals surface area contributed by atoms with Crippen LogP contribution in [0.4, 0.5) is 0 Å². The molecule has 25 heavy (non-hydrogen) atoms. The Bertz CT molecular complexity index is 829. The van der Waals surface area contributed by atoms with E-state index < -0.39 is 15.4 Å². The molecule has 0 saturated carbocycles. The van der Waals surface area contributed by atoms with E-state index in [9.17, 15) is 13.2 Å². The van der Waals surface area contributed by atoms with Gasteiger partial charge in [-0.25, -0.2) is 8.42 Å². The molecule has 0 aliphatic rings. The molecular formula is C18H24N2O3S2. The third kappa shape index (κ3) is 4.68. The van der Waals surface area contributed by atoms with Gasteiger partial charge >= 0.3 is 0 Å². The maximum absolute atomic E-state index is 12.6. The molecule has 1 atom stereocenters. The zero-order chi connectivity index (χ0) is 18.7. The van der Waals surface area contributed by atoms with Gasteiger partial charge in [0.15, 0.2) is 0 Å². The fraction of sp³-hybridized carbons (Fsp3) is 0.389. The van der Waals surface area contributed by atoms with Crippen LogP contribution in [0.3, 0.4) is 0 Å². The number of amides is 1. The fourth-order valence-electron chi connectivity index (χ4n) is 2.72. The molecule has 0 saturated heterocycles. The average Bonchev–Trinajstić information content (AvgIpc) is 3.06. The van der Waals surface area contributed by atoms with E-state index >= 15 is 0 Å². The SMILES string of the molecule is CC(C)CC(C)(CN)NC(=O)c1ccc(S(=O)(=O)c2ccccc2)s1. The second-order valence-electron chi connectivity index (χ2n) is 6.75. The Hall–Kier alpha value is -1.70. The van der Waals surface area contributed by atoms with Gasteiger partial charge in [0.2, 0.25) is 9.84 Å². The van der Waals surface area contributed by atoms with E-state index in [2.05, 4.69) is 19.2 Å². The summed E-state index contributed by atoms with van der Waals surface area (Å²) in [6.07, 6.45) is 0.746. The van der Waals surface area contributed by atoms with Gasteiger partial charge in [0, 0.05) is 6.54 Å². The highest BCUT2D eigenvalue weighted by atomic mass is 32.2. The topological polar surface area (TPSA) is 89.3 Å². The molecule has 1 unspecified atom stereocenters. The summed E-state index contributed by atoms with van der Waals surface area (Å²) in [6, 6.07) is 11.2. The Balaban J connectivity index is 2.22. The summed E-state index contributed by atoms with van der Waals surface area (Å²) in [5.41, 5.74) is 5.30. The van der Waals surface area contributed by atoms with Crippen molar-refractivity contribution in [3.8, 4) is 0 Å². The molecule has 2 aromatic rings. The van der Waals surface area contributed by atoms with Crippen molar-refractivity contribution in [1.82, 2.24) is 5.32 Å². The smallest absolute Gasteiger partial charge is 0.261 e. The monoisotopic (exact) mass is 380 g/mol. The molecule has 1 amide bonds. The van der Waals surface area contributed by atoms with Crippen molar-refractivity contribution < 1.29 is 13.2 Å². The van der Waals surface area contributed by atoms with Crippen molar-refractivity contribution in [2.45, 2.75) is 41.8 Å². The lowest BCUT2D eigenvalue weighted by Gasteiger charge is -2.31. The molecule has 5 nitrogen and oxygen atoms in total. The number of thiophene rings is 1. The Morgan fingerprint density at radius 3 is 2.40 bits per heavy atom. The summed E-state index contributed by atoms with van der Waals surface area (Å²) < 4.78 is 25.4. The largest absolute Gasteiger partial charge is 0.345 e. The van der Waals surface area contributed by atoms with E-state index in [1.165, 1.54) is 6.07 Å². The van der Waals surface area contributed by atoms with Crippen LogP contribution in [0.25, 0.3) is 0 Å². The van der Waals surface area contributed by atoms with Crippen molar-refractivity contribution in [2.24, 2.45) is 11.7 Å². The Labute approximate surface area is 153 Å². The van der Waals surface area contributed by atoms with Gasteiger partial charge in [-0.3, -0.25) is 4.79 Å². The summed E-state index contributed by atoms with van der Waals surface area (Å²) in [4.78, 5) is 13.1. The molecule has 0 radical (unpaired) electrons. The normalized spacial score (nSPS) is 14.3. The first-order valence-corrected chi connectivity index (χ1v) is 10.4. The van der Waals surface area contributed by atoms with E-state index in [1.807, 2.05) is 6.92 Å². The number of nitrogens with one attached hydrogen (secondary N) is 1. The Morgan fingerprint density at radius 1 is 1.20 bits per heavy atom. The summed E-state index contributed by atoms with van der Waals surface area (Å²) in [6.45, 7) is 6.35. The predicted molar refractivity (Wildman–Crippen MR) is 101 cm³/mol. The van der Waals surface area contributed by atoms with Crippen LogP contribution in [-0.4, -0.2) is 26.4 Å². The number of hydrogen-bond acceptors (Lipinski definition) is 5. The zero-order valence-corrected chi connectivity index (χ0v) is 16.3. The summed E-state index contributed by atoms with van der Waals surface area (Å²) in [5, 5.41) is 2.95. The predicted octanol–water partition coefficient (Wildman–Crippen LogP) is 3.07. The van der Waals surface area contributed by atoms with Gasteiger partial charge in [-0.15, -0.1) is 11.3 Å². The van der Waals surface area contributed by atoms with Gasteiger partial charge in [0.1, 0.15) is 4.21 Å². The van der Waals surface area contributed by atoms with E-state index in [0.717, 1.165) is 17.8 Å². The van der Waals surface area contributed by atoms with Crippen LogP contribution in [0.1, 0.15) is 36.9 Å². The van der Waals surface area contributed by atoms with Crippen LogP contribution in [0.2, 0.25) is 0 Å². The summed E-state index contributed by atoms with van der Waals surface area (Å²) in [5.74, 6) is 0.0827. The molecule has 0 bridgehead atoms. The first kappa shape index (κ1) is 19.6. The number of sulfone groups is 1. The molecule has 2 rings (SSSR count). The molecule has 1 heterocycles. The first-order valence-electron chi connectivity index (χ1n) is 8.10. The van der Waals surface area contributed by atoms with Gasteiger partial charge in [0.05, 0.1) is 15.3 Å². The maximum atomic E-state index is 12.6. The lowest BCUT2D eigenvalue weighted by molar-refractivity contribution is 0.0902. The number of rotatable bonds is 7. The van der Waals surface area contributed by atoms with Gasteiger partial charge in [-0.1, -0.05) is 32.0 Å². The van der Waals surface area contributed by atoms with Crippen molar-refractivity contribution in [2.75, 3.05) is 6.54 Å². The molecule has 0 spiro atoms. The minimum Gasteiger partial charge on any atom is -0.345 e. The van der Waals surface area contributed by atoms with Crippen molar-refractivity contribution in [3.05, 3.63) is 47.3 Å². The minimum atomic E-state index is -3.61. The highest BCUT2D eigenvalue weighted by Gasteiger charge is 2.28. The first-order chi connectivity index (χ1) is 11.7. The van der Waals surface area contributed by atoms with Crippen molar-refractivity contribution in [1.29, 1.82) is 0 Å². The summed E-state index contributed by atoms with van der Waals surface area (Å²) in [7, 11) is -3.61. The number of carbonyl (C=O) groups excluding carboxylic acids is 1. The van der Waals surface area contributed by atoms with Crippen molar-refractivity contribution >= 4 is 27.1 Å². The lowest BCUT2D eigenvalue weighted by atomic mass is 9.90. The highest BCUT2D eigenvalue weighted by molar-refractivity contribution is 7.93. The van der Waals surface area contributed by atoms with Gasteiger partial charge < -0.3 is 11.1 Å². The van der Waals surface area contributed by atoms with E-state index in [-0.39, 0.29) is 15.0 Å². The fourth-order valence-corrected chi connectivity index (χ4v) is 5.35. The molecule has 1 aromatic heterocycles. The standard InChI is InChI=1S/C18H24N2O3S2/c1-13(2)11-18(3,12-19)20-17(21)15-9-10-16(24-15)25(22,23)14-7-5-4-6-8-14/h4-10,13H,11-12,19H2,1-3H3,(H,20,21). The highest BCUT2D eigenvalue weighted by Crippen LogP contribution is 2.28. The Kier molecular flexibility index (Phi) is 6.03. The molecule has 0 aliphatic carbocycles. The summed E-state index contributed by atoms with van der Waals surface area (Å²) >= 11 is 0.972. The molecule has 136 valence electrons. The Morgan fingerprint density at radius 2 is 1.84 bits per heavy atom. The number of nitrogens with two attached hydrogens (primary N) is 1. The van der Waals surface area contributed by atoms with Crippen LogP contribution < -0.4 is 11.1 Å². The van der Waals surface area contributed by atoms with Crippen LogP contribution >= 0.6 is 11.3 Å². The third-order valence-electron chi connectivity index (χ3n) is 3.85. The second kappa shape index (κ2) is 7.68. The second-order valence-corrected chi connectivity index (χ2v) is 10.0. The number of carbonyl (C=O) groups is 1. The van der Waals surface area contributed by atoms with Crippen molar-refractivity contribution in [3.63, 3.8) is 0 Å². The molecule has 0 fully saturated rings. The molecule has 7 heteroatoms. The molecule has 1 aromatic carbocycles. The van der Waals surface area contributed by atoms with E-state index in [0.29, 0.717) is 17.3 Å². The molecule has 3 N–H and O–H groups in total. The van der Waals surface area contributed by atoms with Gasteiger partial charge in [0.25, 0.3) is 5.91 Å². The van der Waals surface area contributed by atoms with E-state index in [4.69, 9.17) is 5.73 Å². The van der Waals surface area contributed by atoms with Gasteiger partial charge in [-0.05, 0) is 43.5 Å². The zero-order valence-electron chi connectivity index (χ0n) is 14.7. The van der Waals surface area contributed by atoms with Crippen LogP contribution in [-0.2, 0) is 9.84 Å².